The van der Waals surface area contributed by atoms with E-state index in [1.165, 1.54) is 101 Å². The highest BCUT2D eigenvalue weighted by Gasteiger charge is 2.12. The van der Waals surface area contributed by atoms with Gasteiger partial charge in [0.15, 0.2) is 0 Å². The van der Waals surface area contributed by atoms with Crippen LogP contribution in [-0.2, 0) is 6.42 Å². The number of nitrogens with one attached hydrogen (secondary N) is 1. The number of hydrogen-bond donors (Lipinski definition) is 1. The first-order chi connectivity index (χ1) is 15.4. The number of rotatable bonds is 10. The maximum atomic E-state index is 5.98. The number of piperidine rings is 2. The van der Waals surface area contributed by atoms with Gasteiger partial charge in [0.1, 0.15) is 5.75 Å². The van der Waals surface area contributed by atoms with Crippen LogP contribution in [0.2, 0.25) is 0 Å². The zero-order chi connectivity index (χ0) is 21.1. The fourth-order valence-corrected chi connectivity index (χ4v) is 5.03. The first-order valence-corrected chi connectivity index (χ1v) is 12.6. The van der Waals surface area contributed by atoms with Gasteiger partial charge in [-0.05, 0) is 119 Å². The average molecular weight is 421 g/mol. The Morgan fingerprint density at radius 2 is 1.48 bits per heavy atom. The second kappa shape index (κ2) is 12.3. The molecule has 0 aliphatic carbocycles. The smallest absolute Gasteiger partial charge is 0.119 e. The molecule has 2 fully saturated rings. The van der Waals surface area contributed by atoms with E-state index in [2.05, 4.69) is 58.7 Å². The van der Waals surface area contributed by atoms with E-state index in [1.54, 1.807) is 0 Å². The minimum atomic E-state index is 0.829. The highest BCUT2D eigenvalue weighted by molar-refractivity contribution is 5.64. The van der Waals surface area contributed by atoms with Crippen LogP contribution in [0.1, 0.15) is 56.9 Å². The van der Waals surface area contributed by atoms with Gasteiger partial charge in [-0.15, -0.1) is 0 Å². The summed E-state index contributed by atoms with van der Waals surface area (Å²) < 4.78 is 5.98. The Labute approximate surface area is 189 Å². The molecule has 0 spiro atoms. The monoisotopic (exact) mass is 420 g/mol. The van der Waals surface area contributed by atoms with Crippen molar-refractivity contribution in [3.8, 4) is 16.9 Å². The van der Waals surface area contributed by atoms with E-state index in [0.717, 1.165) is 24.7 Å². The Morgan fingerprint density at radius 1 is 0.806 bits per heavy atom. The highest BCUT2D eigenvalue weighted by Crippen LogP contribution is 2.24. The molecule has 2 aromatic carbocycles. The summed E-state index contributed by atoms with van der Waals surface area (Å²) in [5.74, 6) is 1.88. The first kappa shape index (κ1) is 22.4. The summed E-state index contributed by atoms with van der Waals surface area (Å²) in [5, 5.41) is 3.44. The maximum Gasteiger partial charge on any atom is 0.119 e. The molecule has 2 heterocycles. The van der Waals surface area contributed by atoms with Gasteiger partial charge in [0.25, 0.3) is 0 Å². The van der Waals surface area contributed by atoms with Gasteiger partial charge in [-0.3, -0.25) is 0 Å². The molecule has 3 heteroatoms. The Hall–Kier alpha value is -1.84. The second-order valence-electron chi connectivity index (χ2n) is 9.41. The van der Waals surface area contributed by atoms with Crippen LogP contribution in [0.4, 0.5) is 0 Å². The van der Waals surface area contributed by atoms with Crippen LogP contribution < -0.4 is 10.1 Å². The van der Waals surface area contributed by atoms with Crippen LogP contribution >= 0.6 is 0 Å². The van der Waals surface area contributed by atoms with E-state index in [-0.39, 0.29) is 0 Å². The van der Waals surface area contributed by atoms with Crippen molar-refractivity contribution in [3.63, 3.8) is 0 Å². The van der Waals surface area contributed by atoms with Crippen LogP contribution in [0.3, 0.4) is 0 Å². The molecule has 0 atom stereocenters. The topological polar surface area (TPSA) is 24.5 Å². The van der Waals surface area contributed by atoms with Gasteiger partial charge in [0.2, 0.25) is 0 Å². The second-order valence-corrected chi connectivity index (χ2v) is 9.41. The van der Waals surface area contributed by atoms with Gasteiger partial charge in [0, 0.05) is 0 Å². The van der Waals surface area contributed by atoms with Crippen molar-refractivity contribution in [3.05, 3.63) is 54.1 Å². The quantitative estimate of drug-likeness (QED) is 0.482. The zero-order valence-corrected chi connectivity index (χ0v) is 19.2. The third kappa shape index (κ3) is 7.36. The lowest BCUT2D eigenvalue weighted by Crippen LogP contribution is -2.30. The van der Waals surface area contributed by atoms with Gasteiger partial charge in [-0.1, -0.05) is 42.8 Å². The molecule has 0 aromatic heterocycles. The summed E-state index contributed by atoms with van der Waals surface area (Å²) >= 11 is 0. The molecule has 0 amide bonds. The summed E-state index contributed by atoms with van der Waals surface area (Å²) in [6.07, 6.45) is 11.7. The molecule has 4 rings (SSSR count). The standard InChI is InChI=1S/C28H40N2O/c1-2-20-30(21-3-1)22-4-6-24-8-10-26(11-9-24)27-12-14-28(15-13-27)31-23-5-7-25-16-18-29-19-17-25/h8-15,25,29H,1-7,16-23H2. The third-order valence-electron chi connectivity index (χ3n) is 7.01. The molecule has 1 N–H and O–H groups in total. The number of likely N-dealkylation sites (tertiary alicyclic amines) is 1. The molecule has 0 radical (unpaired) electrons. The summed E-state index contributed by atoms with van der Waals surface area (Å²) in [7, 11) is 0. The van der Waals surface area contributed by atoms with Crippen LogP contribution in [0, 0.1) is 5.92 Å². The van der Waals surface area contributed by atoms with Crippen molar-refractivity contribution in [1.82, 2.24) is 10.2 Å². The Balaban J connectivity index is 1.17. The molecule has 0 bridgehead atoms. The molecule has 168 valence electrons. The minimum Gasteiger partial charge on any atom is -0.494 e. The van der Waals surface area contributed by atoms with E-state index < -0.39 is 0 Å². The zero-order valence-electron chi connectivity index (χ0n) is 19.2. The SMILES string of the molecule is c1cc(-c2ccc(OCCCC3CCNCC3)cc2)ccc1CCCN1CCCCC1. The van der Waals surface area contributed by atoms with E-state index in [9.17, 15) is 0 Å². The highest BCUT2D eigenvalue weighted by atomic mass is 16.5. The van der Waals surface area contributed by atoms with Gasteiger partial charge in [-0.2, -0.15) is 0 Å². The fourth-order valence-electron chi connectivity index (χ4n) is 5.03. The van der Waals surface area contributed by atoms with Crippen molar-refractivity contribution in [2.45, 2.75) is 57.8 Å². The average Bonchev–Trinajstić information content (AvgIpc) is 2.84. The molecule has 3 nitrogen and oxygen atoms in total. The molecular weight excluding hydrogens is 380 g/mol. The van der Waals surface area contributed by atoms with E-state index >= 15 is 0 Å². The molecule has 2 saturated heterocycles. The molecule has 31 heavy (non-hydrogen) atoms. The Kier molecular flexibility index (Phi) is 8.84. The normalized spacial score (nSPS) is 18.2. The van der Waals surface area contributed by atoms with Gasteiger partial charge in [0.05, 0.1) is 6.61 Å². The third-order valence-corrected chi connectivity index (χ3v) is 7.01. The molecule has 2 aliphatic heterocycles. The summed E-state index contributed by atoms with van der Waals surface area (Å²) in [6.45, 7) is 7.06. The van der Waals surface area contributed by atoms with E-state index in [1.807, 2.05) is 0 Å². The summed E-state index contributed by atoms with van der Waals surface area (Å²) in [5.41, 5.74) is 4.01. The number of benzene rings is 2. The number of aryl methyl sites for hydroxylation is 1. The van der Waals surface area contributed by atoms with Crippen LogP contribution in [0.15, 0.2) is 48.5 Å². The van der Waals surface area contributed by atoms with Crippen molar-refractivity contribution in [2.75, 3.05) is 39.3 Å². The van der Waals surface area contributed by atoms with E-state index in [0.29, 0.717) is 0 Å². The molecule has 0 saturated carbocycles. The molecular formula is C28H40N2O. The Bertz CT molecular complexity index is 744. The van der Waals surface area contributed by atoms with Gasteiger partial charge in [-0.25, -0.2) is 0 Å². The lowest BCUT2D eigenvalue weighted by molar-refractivity contribution is 0.226. The number of nitrogens with zero attached hydrogens (tertiary/aromatic N) is 1. The van der Waals surface area contributed by atoms with Crippen LogP contribution in [0.5, 0.6) is 5.75 Å². The predicted octanol–water partition coefficient (Wildman–Crippen LogP) is 5.93. The summed E-state index contributed by atoms with van der Waals surface area (Å²) in [6, 6.07) is 17.8. The van der Waals surface area contributed by atoms with Crippen molar-refractivity contribution < 1.29 is 4.74 Å². The number of hydrogen-bond acceptors (Lipinski definition) is 3. The first-order valence-electron chi connectivity index (χ1n) is 12.6. The van der Waals surface area contributed by atoms with Crippen molar-refractivity contribution in [2.24, 2.45) is 5.92 Å². The van der Waals surface area contributed by atoms with Gasteiger partial charge < -0.3 is 15.0 Å². The lowest BCUT2D eigenvalue weighted by atomic mass is 9.93. The molecule has 0 unspecified atom stereocenters. The van der Waals surface area contributed by atoms with Crippen LogP contribution in [0.25, 0.3) is 11.1 Å². The van der Waals surface area contributed by atoms with Crippen LogP contribution in [-0.4, -0.2) is 44.2 Å². The predicted molar refractivity (Wildman–Crippen MR) is 131 cm³/mol. The minimum absolute atomic E-state index is 0.829. The van der Waals surface area contributed by atoms with Crippen molar-refractivity contribution >= 4 is 0 Å². The maximum absolute atomic E-state index is 5.98. The van der Waals surface area contributed by atoms with E-state index in [4.69, 9.17) is 4.74 Å². The number of ether oxygens (including phenoxy) is 1. The van der Waals surface area contributed by atoms with Gasteiger partial charge >= 0.3 is 0 Å². The fraction of sp³-hybridized carbons (Fsp3) is 0.571. The molecule has 2 aliphatic rings. The summed E-state index contributed by atoms with van der Waals surface area (Å²) in [4.78, 5) is 2.63. The van der Waals surface area contributed by atoms with Crippen molar-refractivity contribution in [1.29, 1.82) is 0 Å². The largest absolute Gasteiger partial charge is 0.494 e. The lowest BCUT2D eigenvalue weighted by Gasteiger charge is -2.26. The Morgan fingerprint density at radius 3 is 2.19 bits per heavy atom. The molecule has 2 aromatic rings.